The average molecular weight is 362 g/mol. The van der Waals surface area contributed by atoms with E-state index in [4.69, 9.17) is 21.1 Å². The van der Waals surface area contributed by atoms with Crippen molar-refractivity contribution in [3.63, 3.8) is 0 Å². The molecule has 1 aromatic rings. The van der Waals surface area contributed by atoms with E-state index in [0.29, 0.717) is 13.0 Å². The Morgan fingerprint density at radius 1 is 1.48 bits per heavy atom. The van der Waals surface area contributed by atoms with Crippen LogP contribution in [0.2, 0.25) is 5.02 Å². The standard InChI is InChI=1S/C15H20ClNO5S/c1-2-7-22-15(18)11-5-6-13(16)14(9-11)23(19,20)17-10-12-4-3-8-21-12/h5-6,9,12,17H,2-4,7-8,10H2,1H3. The number of rotatable bonds is 7. The first-order chi connectivity index (χ1) is 10.9. The number of carbonyl (C=O) groups excluding carboxylic acids is 1. The maximum Gasteiger partial charge on any atom is 0.338 e. The van der Waals surface area contributed by atoms with E-state index in [1.807, 2.05) is 6.92 Å². The van der Waals surface area contributed by atoms with E-state index in [-0.39, 0.29) is 34.7 Å². The number of halogens is 1. The van der Waals surface area contributed by atoms with Crippen LogP contribution in [0.15, 0.2) is 23.1 Å². The van der Waals surface area contributed by atoms with Gasteiger partial charge in [0.25, 0.3) is 0 Å². The summed E-state index contributed by atoms with van der Waals surface area (Å²) in [5.74, 6) is -0.570. The quantitative estimate of drug-likeness (QED) is 0.754. The zero-order chi connectivity index (χ0) is 16.9. The molecule has 8 heteroatoms. The molecule has 0 saturated carbocycles. The SMILES string of the molecule is CCCOC(=O)c1ccc(Cl)c(S(=O)(=O)NCC2CCCO2)c1. The predicted molar refractivity (Wildman–Crippen MR) is 86.2 cm³/mol. The molecule has 128 valence electrons. The highest BCUT2D eigenvalue weighted by atomic mass is 35.5. The summed E-state index contributed by atoms with van der Waals surface area (Å²) in [5.41, 5.74) is 0.153. The highest BCUT2D eigenvalue weighted by Crippen LogP contribution is 2.23. The zero-order valence-electron chi connectivity index (χ0n) is 12.9. The summed E-state index contributed by atoms with van der Waals surface area (Å²) in [4.78, 5) is 11.7. The number of benzene rings is 1. The second-order valence-electron chi connectivity index (χ2n) is 5.27. The summed E-state index contributed by atoms with van der Waals surface area (Å²) in [5, 5.41) is 0.0527. The minimum Gasteiger partial charge on any atom is -0.462 e. The van der Waals surface area contributed by atoms with Crippen LogP contribution in [-0.4, -0.2) is 40.2 Å². The monoisotopic (exact) mass is 361 g/mol. The molecular weight excluding hydrogens is 342 g/mol. The third-order valence-electron chi connectivity index (χ3n) is 3.42. The Morgan fingerprint density at radius 2 is 2.26 bits per heavy atom. The van der Waals surface area contributed by atoms with E-state index >= 15 is 0 Å². The number of sulfonamides is 1. The van der Waals surface area contributed by atoms with Crippen LogP contribution in [0.3, 0.4) is 0 Å². The lowest BCUT2D eigenvalue weighted by Crippen LogP contribution is -2.32. The molecule has 1 heterocycles. The molecular formula is C15H20ClNO5S. The Bertz CT molecular complexity index is 656. The molecule has 1 atom stereocenters. The predicted octanol–water partition coefficient (Wildman–Crippen LogP) is 2.36. The summed E-state index contributed by atoms with van der Waals surface area (Å²) >= 11 is 5.98. The minimum absolute atomic E-state index is 0.0527. The molecule has 1 aromatic carbocycles. The summed E-state index contributed by atoms with van der Waals surface area (Å²) in [7, 11) is -3.82. The summed E-state index contributed by atoms with van der Waals surface area (Å²) in [6, 6.07) is 4.06. The van der Waals surface area contributed by atoms with Gasteiger partial charge in [-0.2, -0.15) is 0 Å². The Hall–Kier alpha value is -1.15. The lowest BCUT2D eigenvalue weighted by atomic mass is 10.2. The lowest BCUT2D eigenvalue weighted by Gasteiger charge is -2.13. The molecule has 2 rings (SSSR count). The molecule has 1 saturated heterocycles. The third-order valence-corrected chi connectivity index (χ3v) is 5.32. The van der Waals surface area contributed by atoms with Crippen LogP contribution in [0.1, 0.15) is 36.5 Å². The van der Waals surface area contributed by atoms with Crippen LogP contribution >= 0.6 is 11.6 Å². The fourth-order valence-corrected chi connectivity index (χ4v) is 3.79. The summed E-state index contributed by atoms with van der Waals surface area (Å²) in [6.07, 6.45) is 2.31. The van der Waals surface area contributed by atoms with Crippen LogP contribution in [0.25, 0.3) is 0 Å². The number of carbonyl (C=O) groups is 1. The molecule has 0 bridgehead atoms. The van der Waals surface area contributed by atoms with Gasteiger partial charge in [-0.1, -0.05) is 18.5 Å². The molecule has 6 nitrogen and oxygen atoms in total. The highest BCUT2D eigenvalue weighted by molar-refractivity contribution is 7.89. The van der Waals surface area contributed by atoms with E-state index in [2.05, 4.69) is 4.72 Å². The first kappa shape index (κ1) is 18.2. The smallest absolute Gasteiger partial charge is 0.338 e. The second-order valence-corrected chi connectivity index (χ2v) is 7.41. The van der Waals surface area contributed by atoms with Crippen molar-refractivity contribution in [2.45, 2.75) is 37.2 Å². The molecule has 23 heavy (non-hydrogen) atoms. The van der Waals surface area contributed by atoms with Gasteiger partial charge in [0.1, 0.15) is 4.90 Å². The van der Waals surface area contributed by atoms with E-state index < -0.39 is 16.0 Å². The number of esters is 1. The Morgan fingerprint density at radius 3 is 2.91 bits per heavy atom. The van der Waals surface area contributed by atoms with Crippen molar-refractivity contribution in [2.75, 3.05) is 19.8 Å². The first-order valence-electron chi connectivity index (χ1n) is 7.52. The topological polar surface area (TPSA) is 81.7 Å². The van der Waals surface area contributed by atoms with E-state index in [0.717, 1.165) is 12.8 Å². The average Bonchev–Trinajstić information content (AvgIpc) is 3.04. The van der Waals surface area contributed by atoms with Crippen LogP contribution in [0, 0.1) is 0 Å². The van der Waals surface area contributed by atoms with Crippen LogP contribution in [0.4, 0.5) is 0 Å². The van der Waals surface area contributed by atoms with Gasteiger partial charge in [0.05, 0.1) is 23.3 Å². The van der Waals surface area contributed by atoms with Gasteiger partial charge < -0.3 is 9.47 Å². The van der Waals surface area contributed by atoms with Crippen molar-refractivity contribution >= 4 is 27.6 Å². The van der Waals surface area contributed by atoms with Gasteiger partial charge in [-0.25, -0.2) is 17.9 Å². The molecule has 1 N–H and O–H groups in total. The molecule has 0 aliphatic carbocycles. The van der Waals surface area contributed by atoms with Crippen molar-refractivity contribution in [1.82, 2.24) is 4.72 Å². The number of hydrogen-bond acceptors (Lipinski definition) is 5. The molecule has 1 aliphatic rings. The maximum atomic E-state index is 12.4. The highest BCUT2D eigenvalue weighted by Gasteiger charge is 2.23. The Labute approximate surface area is 141 Å². The maximum absolute atomic E-state index is 12.4. The Kier molecular flexibility index (Phi) is 6.41. The van der Waals surface area contributed by atoms with Gasteiger partial charge in [-0.05, 0) is 37.5 Å². The molecule has 0 spiro atoms. The van der Waals surface area contributed by atoms with Crippen molar-refractivity contribution in [2.24, 2.45) is 0 Å². The fraction of sp³-hybridized carbons (Fsp3) is 0.533. The van der Waals surface area contributed by atoms with E-state index in [1.54, 1.807) is 0 Å². The first-order valence-corrected chi connectivity index (χ1v) is 9.38. The summed E-state index contributed by atoms with van der Waals surface area (Å²) in [6.45, 7) is 2.98. The Balaban J connectivity index is 2.14. The minimum atomic E-state index is -3.82. The third kappa shape index (κ3) is 4.91. The lowest BCUT2D eigenvalue weighted by molar-refractivity contribution is 0.0505. The van der Waals surface area contributed by atoms with Gasteiger partial charge >= 0.3 is 5.97 Å². The molecule has 1 aliphatic heterocycles. The molecule has 1 unspecified atom stereocenters. The molecule has 0 radical (unpaired) electrons. The number of nitrogens with one attached hydrogen (secondary N) is 1. The van der Waals surface area contributed by atoms with Gasteiger partial charge in [0.15, 0.2) is 0 Å². The fourth-order valence-electron chi connectivity index (χ4n) is 2.20. The normalized spacial score (nSPS) is 18.1. The largest absolute Gasteiger partial charge is 0.462 e. The van der Waals surface area contributed by atoms with Crippen molar-refractivity contribution < 1.29 is 22.7 Å². The van der Waals surface area contributed by atoms with E-state index in [1.165, 1.54) is 18.2 Å². The zero-order valence-corrected chi connectivity index (χ0v) is 14.5. The van der Waals surface area contributed by atoms with Crippen LogP contribution in [-0.2, 0) is 19.5 Å². The van der Waals surface area contributed by atoms with Gasteiger partial charge in [-0.15, -0.1) is 0 Å². The molecule has 1 fully saturated rings. The van der Waals surface area contributed by atoms with Crippen molar-refractivity contribution in [1.29, 1.82) is 0 Å². The van der Waals surface area contributed by atoms with Crippen LogP contribution in [0.5, 0.6) is 0 Å². The molecule has 0 aromatic heterocycles. The van der Waals surface area contributed by atoms with Crippen molar-refractivity contribution in [3.05, 3.63) is 28.8 Å². The van der Waals surface area contributed by atoms with Gasteiger partial charge in [0.2, 0.25) is 10.0 Å². The summed E-state index contributed by atoms with van der Waals surface area (Å²) < 4.78 is 37.7. The number of ether oxygens (including phenoxy) is 2. The number of hydrogen-bond donors (Lipinski definition) is 1. The molecule has 0 amide bonds. The second kappa shape index (κ2) is 8.10. The van der Waals surface area contributed by atoms with Crippen molar-refractivity contribution in [3.8, 4) is 0 Å². The van der Waals surface area contributed by atoms with E-state index in [9.17, 15) is 13.2 Å². The van der Waals surface area contributed by atoms with Crippen LogP contribution < -0.4 is 4.72 Å². The van der Waals surface area contributed by atoms with Gasteiger partial charge in [0, 0.05) is 13.2 Å². The van der Waals surface area contributed by atoms with Gasteiger partial charge in [-0.3, -0.25) is 0 Å².